The molecule has 1 N–H and O–H groups in total. The average molecular weight is 270 g/mol. The van der Waals surface area contributed by atoms with E-state index in [4.69, 9.17) is 0 Å². The van der Waals surface area contributed by atoms with Crippen molar-refractivity contribution in [2.75, 3.05) is 12.0 Å². The summed E-state index contributed by atoms with van der Waals surface area (Å²) >= 11 is 0. The third-order valence-electron chi connectivity index (χ3n) is 3.57. The van der Waals surface area contributed by atoms with Gasteiger partial charge in [0.05, 0.1) is 6.07 Å². The average Bonchev–Trinajstić information content (AvgIpc) is 2.37. The van der Waals surface area contributed by atoms with Crippen LogP contribution >= 0.6 is 0 Å². The van der Waals surface area contributed by atoms with Gasteiger partial charge in [0.2, 0.25) is 5.91 Å². The van der Waals surface area contributed by atoms with Crippen molar-refractivity contribution < 1.29 is 9.00 Å². The fourth-order valence-corrected chi connectivity index (χ4v) is 3.01. The fraction of sp³-hybridized carbons (Fsp3) is 0.846. The second kappa shape index (κ2) is 6.89. The van der Waals surface area contributed by atoms with Gasteiger partial charge in [-0.15, -0.1) is 0 Å². The minimum atomic E-state index is -0.834. The molecule has 1 rings (SSSR count). The van der Waals surface area contributed by atoms with Crippen molar-refractivity contribution in [1.82, 2.24) is 5.32 Å². The first-order valence-electron chi connectivity index (χ1n) is 6.52. The van der Waals surface area contributed by atoms with Crippen LogP contribution in [-0.4, -0.2) is 28.2 Å². The Bertz CT molecular complexity index is 356. The van der Waals surface area contributed by atoms with Gasteiger partial charge in [-0.3, -0.25) is 9.00 Å². The van der Waals surface area contributed by atoms with E-state index in [1.807, 2.05) is 6.92 Å². The molecule has 1 aliphatic rings. The molecule has 1 fully saturated rings. The zero-order valence-corrected chi connectivity index (χ0v) is 12.0. The summed E-state index contributed by atoms with van der Waals surface area (Å²) in [5.41, 5.74) is -0.822. The van der Waals surface area contributed by atoms with Crippen LogP contribution in [0, 0.1) is 16.7 Å². The van der Waals surface area contributed by atoms with Crippen LogP contribution in [0.25, 0.3) is 0 Å². The Hall–Kier alpha value is -0.890. The summed E-state index contributed by atoms with van der Waals surface area (Å²) in [6.45, 7) is 1.90. The van der Waals surface area contributed by atoms with Gasteiger partial charge in [-0.05, 0) is 26.2 Å². The van der Waals surface area contributed by atoms with Crippen molar-refractivity contribution in [2.24, 2.45) is 5.41 Å². The number of carbonyl (C=O) groups is 1. The zero-order valence-electron chi connectivity index (χ0n) is 11.2. The number of nitrogens with zero attached hydrogens (tertiary/aromatic N) is 1. The molecule has 1 saturated carbocycles. The summed E-state index contributed by atoms with van der Waals surface area (Å²) in [4.78, 5) is 12.2. The van der Waals surface area contributed by atoms with E-state index in [0.717, 1.165) is 19.3 Å². The molecule has 1 aliphatic carbocycles. The summed E-state index contributed by atoms with van der Waals surface area (Å²) in [6.07, 6.45) is 6.70. The Kier molecular flexibility index (Phi) is 5.80. The lowest BCUT2D eigenvalue weighted by Gasteiger charge is -2.30. The van der Waals surface area contributed by atoms with Gasteiger partial charge in [0.1, 0.15) is 5.41 Å². The van der Waals surface area contributed by atoms with Gasteiger partial charge < -0.3 is 5.32 Å². The topological polar surface area (TPSA) is 70.0 Å². The van der Waals surface area contributed by atoms with Crippen LogP contribution < -0.4 is 5.32 Å². The van der Waals surface area contributed by atoms with E-state index in [1.54, 1.807) is 6.26 Å². The molecule has 4 nitrogen and oxygen atoms in total. The number of nitrogens with one attached hydrogen (secondary N) is 1. The molecule has 2 unspecified atom stereocenters. The molecule has 0 aromatic carbocycles. The van der Waals surface area contributed by atoms with E-state index in [1.165, 1.54) is 0 Å². The van der Waals surface area contributed by atoms with Crippen LogP contribution in [-0.2, 0) is 15.6 Å². The predicted octanol–water partition coefficient (Wildman–Crippen LogP) is 1.73. The summed E-state index contributed by atoms with van der Waals surface area (Å²) in [5, 5.41) is 12.2. The Morgan fingerprint density at radius 3 is 2.56 bits per heavy atom. The van der Waals surface area contributed by atoms with Gasteiger partial charge in [-0.25, -0.2) is 0 Å². The highest BCUT2D eigenvalue weighted by Gasteiger charge is 2.40. The molecule has 0 aliphatic heterocycles. The maximum absolute atomic E-state index is 12.2. The monoisotopic (exact) mass is 270 g/mol. The van der Waals surface area contributed by atoms with Crippen molar-refractivity contribution in [3.05, 3.63) is 0 Å². The lowest BCUT2D eigenvalue weighted by atomic mass is 9.74. The number of nitriles is 1. The van der Waals surface area contributed by atoms with Crippen LogP contribution in [0.2, 0.25) is 0 Å². The van der Waals surface area contributed by atoms with E-state index < -0.39 is 16.2 Å². The first-order chi connectivity index (χ1) is 8.50. The second-order valence-corrected chi connectivity index (χ2v) is 6.75. The summed E-state index contributed by atoms with van der Waals surface area (Å²) < 4.78 is 11.0. The summed E-state index contributed by atoms with van der Waals surface area (Å²) in [6, 6.07) is 2.20. The number of hydrogen-bond donors (Lipinski definition) is 1. The first kappa shape index (κ1) is 15.2. The van der Waals surface area contributed by atoms with Crippen LogP contribution in [0.3, 0.4) is 0 Å². The zero-order chi connectivity index (χ0) is 13.6. The Morgan fingerprint density at radius 1 is 1.44 bits per heavy atom. The van der Waals surface area contributed by atoms with Gasteiger partial charge in [0, 0.05) is 28.9 Å². The molecule has 18 heavy (non-hydrogen) atoms. The van der Waals surface area contributed by atoms with Crippen molar-refractivity contribution in [3.63, 3.8) is 0 Å². The molecule has 1 amide bonds. The second-order valence-electron chi connectivity index (χ2n) is 5.20. The predicted molar refractivity (Wildman–Crippen MR) is 72.3 cm³/mol. The van der Waals surface area contributed by atoms with E-state index in [2.05, 4.69) is 11.4 Å². The highest BCUT2D eigenvalue weighted by molar-refractivity contribution is 7.84. The standard InChI is InChI=1S/C13H22N2O2S/c1-11(6-9-18(2)17)15-12(16)13(10-14)7-4-3-5-8-13/h11H,3-9H2,1-2H3,(H,15,16). The molecule has 0 radical (unpaired) electrons. The molecule has 0 aromatic heterocycles. The molecular formula is C13H22N2O2S. The largest absolute Gasteiger partial charge is 0.352 e. The van der Waals surface area contributed by atoms with Gasteiger partial charge in [-0.1, -0.05) is 19.3 Å². The minimum Gasteiger partial charge on any atom is -0.352 e. The molecular weight excluding hydrogens is 248 g/mol. The minimum absolute atomic E-state index is 0.0199. The highest BCUT2D eigenvalue weighted by Crippen LogP contribution is 2.35. The van der Waals surface area contributed by atoms with Gasteiger partial charge in [-0.2, -0.15) is 5.26 Å². The molecule has 0 bridgehead atoms. The van der Waals surface area contributed by atoms with Crippen molar-refractivity contribution in [1.29, 1.82) is 5.26 Å². The van der Waals surface area contributed by atoms with Crippen molar-refractivity contribution in [2.45, 2.75) is 51.5 Å². The Morgan fingerprint density at radius 2 is 2.06 bits per heavy atom. The molecule has 2 atom stereocenters. The van der Waals surface area contributed by atoms with E-state index in [9.17, 15) is 14.3 Å². The Balaban J connectivity index is 2.52. The summed E-state index contributed by atoms with van der Waals surface area (Å²) in [5.74, 6) is 0.445. The van der Waals surface area contributed by atoms with E-state index in [-0.39, 0.29) is 11.9 Å². The molecule has 0 heterocycles. The van der Waals surface area contributed by atoms with E-state index in [0.29, 0.717) is 25.0 Å². The number of carbonyl (C=O) groups excluding carboxylic acids is 1. The molecule has 0 spiro atoms. The number of rotatable bonds is 5. The summed E-state index contributed by atoms with van der Waals surface area (Å²) in [7, 11) is -0.834. The Labute approximate surface area is 112 Å². The van der Waals surface area contributed by atoms with Gasteiger partial charge in [0.25, 0.3) is 0 Å². The molecule has 0 saturated heterocycles. The SMILES string of the molecule is CC(CCS(C)=O)NC(=O)C1(C#N)CCCCC1. The molecule has 5 heteroatoms. The van der Waals surface area contributed by atoms with Crippen molar-refractivity contribution in [3.8, 4) is 6.07 Å². The van der Waals surface area contributed by atoms with E-state index >= 15 is 0 Å². The fourth-order valence-electron chi connectivity index (χ4n) is 2.32. The lowest BCUT2D eigenvalue weighted by Crippen LogP contribution is -2.45. The smallest absolute Gasteiger partial charge is 0.240 e. The maximum Gasteiger partial charge on any atom is 0.240 e. The third-order valence-corrected chi connectivity index (χ3v) is 4.38. The number of hydrogen-bond acceptors (Lipinski definition) is 3. The van der Waals surface area contributed by atoms with Crippen LogP contribution in [0.15, 0.2) is 0 Å². The first-order valence-corrected chi connectivity index (χ1v) is 8.25. The van der Waals surface area contributed by atoms with Gasteiger partial charge in [0.15, 0.2) is 0 Å². The quantitative estimate of drug-likeness (QED) is 0.827. The third kappa shape index (κ3) is 4.09. The maximum atomic E-state index is 12.2. The van der Waals surface area contributed by atoms with Crippen LogP contribution in [0.5, 0.6) is 0 Å². The number of amides is 1. The normalized spacial score (nSPS) is 21.6. The van der Waals surface area contributed by atoms with Crippen LogP contribution in [0.4, 0.5) is 0 Å². The molecule has 0 aromatic rings. The lowest BCUT2D eigenvalue weighted by molar-refractivity contribution is -0.130. The molecule has 102 valence electrons. The highest BCUT2D eigenvalue weighted by atomic mass is 32.2. The van der Waals surface area contributed by atoms with Crippen molar-refractivity contribution >= 4 is 16.7 Å². The van der Waals surface area contributed by atoms with Gasteiger partial charge >= 0.3 is 0 Å². The van der Waals surface area contributed by atoms with Crippen LogP contribution in [0.1, 0.15) is 45.4 Å².